The Kier molecular flexibility index (Phi) is 3.51. The fraction of sp³-hybridized carbons (Fsp3) is 0.0588. The van der Waals surface area contributed by atoms with E-state index in [4.69, 9.17) is 4.98 Å². The highest BCUT2D eigenvalue weighted by Gasteiger charge is 2.17. The van der Waals surface area contributed by atoms with Gasteiger partial charge in [-0.15, -0.1) is 0 Å². The molecular formula is C17H13N5S. The van der Waals surface area contributed by atoms with Crippen molar-refractivity contribution >= 4 is 17.4 Å². The molecule has 0 aliphatic carbocycles. The van der Waals surface area contributed by atoms with E-state index < -0.39 is 0 Å². The van der Waals surface area contributed by atoms with E-state index in [1.54, 1.807) is 12.4 Å². The maximum atomic E-state index is 4.75. The molecule has 4 aromatic heterocycles. The van der Waals surface area contributed by atoms with Crippen molar-refractivity contribution in [2.24, 2.45) is 0 Å². The lowest BCUT2D eigenvalue weighted by molar-refractivity contribution is 0.968. The fourth-order valence-electron chi connectivity index (χ4n) is 2.49. The standard InChI is InChI=1S/C17H13N5S/c1-23-17-19-10-8-13(20-17)16-15(12-6-2-4-9-18-12)21-14-7-3-5-11-22(14)16/h2-11H,1H3. The lowest BCUT2D eigenvalue weighted by Crippen LogP contribution is -1.95. The number of hydrogen-bond donors (Lipinski definition) is 0. The molecule has 0 N–H and O–H groups in total. The molecule has 0 bridgehead atoms. The summed E-state index contributed by atoms with van der Waals surface area (Å²) >= 11 is 1.52. The van der Waals surface area contributed by atoms with E-state index in [1.165, 1.54) is 11.8 Å². The second-order valence-electron chi connectivity index (χ2n) is 4.88. The number of imidazole rings is 1. The van der Waals surface area contributed by atoms with Crippen molar-refractivity contribution in [3.05, 3.63) is 61.1 Å². The average molecular weight is 319 g/mol. The fourth-order valence-corrected chi connectivity index (χ4v) is 2.85. The van der Waals surface area contributed by atoms with Crippen molar-refractivity contribution in [1.29, 1.82) is 0 Å². The molecule has 0 aliphatic rings. The van der Waals surface area contributed by atoms with Gasteiger partial charge in [-0.25, -0.2) is 15.0 Å². The Balaban J connectivity index is 2.03. The molecule has 0 aromatic carbocycles. The summed E-state index contributed by atoms with van der Waals surface area (Å²) in [5.41, 5.74) is 4.28. The van der Waals surface area contributed by atoms with Crippen molar-refractivity contribution in [3.63, 3.8) is 0 Å². The van der Waals surface area contributed by atoms with Crippen LogP contribution in [0.25, 0.3) is 28.4 Å². The van der Waals surface area contributed by atoms with Crippen LogP contribution in [-0.4, -0.2) is 30.6 Å². The molecular weight excluding hydrogens is 306 g/mol. The van der Waals surface area contributed by atoms with Crippen LogP contribution in [0.15, 0.2) is 66.2 Å². The zero-order chi connectivity index (χ0) is 15.6. The summed E-state index contributed by atoms with van der Waals surface area (Å²) in [4.78, 5) is 18.1. The van der Waals surface area contributed by atoms with Crippen LogP contribution < -0.4 is 0 Å². The zero-order valence-corrected chi connectivity index (χ0v) is 13.2. The third kappa shape index (κ3) is 2.47. The Morgan fingerprint density at radius 1 is 0.870 bits per heavy atom. The van der Waals surface area contributed by atoms with Gasteiger partial charge in [-0.2, -0.15) is 0 Å². The van der Waals surface area contributed by atoms with Crippen molar-refractivity contribution in [2.45, 2.75) is 5.16 Å². The van der Waals surface area contributed by atoms with Gasteiger partial charge in [-0.1, -0.05) is 23.9 Å². The Morgan fingerprint density at radius 2 is 1.78 bits per heavy atom. The minimum Gasteiger partial charge on any atom is -0.298 e. The first-order valence-electron chi connectivity index (χ1n) is 7.13. The summed E-state index contributed by atoms with van der Waals surface area (Å²) in [7, 11) is 0. The molecule has 0 unspecified atom stereocenters. The van der Waals surface area contributed by atoms with Gasteiger partial charge in [0.05, 0.1) is 11.4 Å². The molecule has 0 saturated carbocycles. The second kappa shape index (κ2) is 5.81. The number of fused-ring (bicyclic) bond motifs is 1. The molecule has 4 rings (SSSR count). The van der Waals surface area contributed by atoms with Crippen LogP contribution in [0.2, 0.25) is 0 Å². The molecule has 0 aliphatic heterocycles. The SMILES string of the molecule is CSc1nccc(-c2c(-c3ccccn3)nc3ccccn23)n1. The number of pyridine rings is 2. The first kappa shape index (κ1) is 13.9. The number of nitrogens with zero attached hydrogens (tertiary/aromatic N) is 5. The van der Waals surface area contributed by atoms with Crippen LogP contribution in [0.5, 0.6) is 0 Å². The van der Waals surface area contributed by atoms with E-state index in [1.807, 2.05) is 59.3 Å². The van der Waals surface area contributed by atoms with Gasteiger partial charge in [0.15, 0.2) is 5.16 Å². The minimum atomic E-state index is 0.736. The molecule has 23 heavy (non-hydrogen) atoms. The molecule has 4 heterocycles. The normalized spacial score (nSPS) is 11.0. The molecule has 0 fully saturated rings. The summed E-state index contributed by atoms with van der Waals surface area (Å²) in [6.07, 6.45) is 7.51. The predicted octanol–water partition coefficient (Wildman–Crippen LogP) is 3.58. The lowest BCUT2D eigenvalue weighted by atomic mass is 10.2. The van der Waals surface area contributed by atoms with Crippen LogP contribution in [0.4, 0.5) is 0 Å². The highest BCUT2D eigenvalue weighted by atomic mass is 32.2. The van der Waals surface area contributed by atoms with Gasteiger partial charge in [0.25, 0.3) is 0 Å². The summed E-state index contributed by atoms with van der Waals surface area (Å²) in [6, 6.07) is 13.7. The largest absolute Gasteiger partial charge is 0.298 e. The number of thioether (sulfide) groups is 1. The highest BCUT2D eigenvalue weighted by Crippen LogP contribution is 2.30. The van der Waals surface area contributed by atoms with Crippen LogP contribution in [0.1, 0.15) is 0 Å². The van der Waals surface area contributed by atoms with E-state index in [9.17, 15) is 0 Å². The Bertz CT molecular complexity index is 965. The average Bonchev–Trinajstić information content (AvgIpc) is 3.02. The van der Waals surface area contributed by atoms with Crippen LogP contribution in [0, 0.1) is 0 Å². The predicted molar refractivity (Wildman–Crippen MR) is 91.2 cm³/mol. The first-order chi connectivity index (χ1) is 11.4. The van der Waals surface area contributed by atoms with Crippen LogP contribution in [-0.2, 0) is 0 Å². The highest BCUT2D eigenvalue weighted by molar-refractivity contribution is 7.98. The molecule has 0 spiro atoms. The molecule has 0 radical (unpaired) electrons. The van der Waals surface area contributed by atoms with E-state index >= 15 is 0 Å². The van der Waals surface area contributed by atoms with Gasteiger partial charge >= 0.3 is 0 Å². The topological polar surface area (TPSA) is 56.0 Å². The van der Waals surface area contributed by atoms with Crippen molar-refractivity contribution in [2.75, 3.05) is 6.26 Å². The van der Waals surface area contributed by atoms with E-state index in [0.717, 1.165) is 33.6 Å². The summed E-state index contributed by atoms with van der Waals surface area (Å²) in [5.74, 6) is 0. The summed E-state index contributed by atoms with van der Waals surface area (Å²) in [5, 5.41) is 0.736. The minimum absolute atomic E-state index is 0.736. The third-order valence-electron chi connectivity index (χ3n) is 3.50. The molecule has 112 valence electrons. The van der Waals surface area contributed by atoms with Gasteiger partial charge in [0, 0.05) is 18.6 Å². The van der Waals surface area contributed by atoms with Gasteiger partial charge in [0.2, 0.25) is 0 Å². The number of aromatic nitrogens is 5. The Labute approximate surface area is 137 Å². The number of hydrogen-bond acceptors (Lipinski definition) is 5. The monoisotopic (exact) mass is 319 g/mol. The second-order valence-corrected chi connectivity index (χ2v) is 5.65. The van der Waals surface area contributed by atoms with Gasteiger partial charge in [-0.05, 0) is 36.6 Å². The van der Waals surface area contributed by atoms with Gasteiger partial charge in [-0.3, -0.25) is 9.38 Å². The molecule has 4 aromatic rings. The first-order valence-corrected chi connectivity index (χ1v) is 8.35. The van der Waals surface area contributed by atoms with Crippen molar-refractivity contribution in [1.82, 2.24) is 24.3 Å². The number of rotatable bonds is 3. The molecule has 0 amide bonds. The Hall–Kier alpha value is -2.73. The van der Waals surface area contributed by atoms with E-state index in [-0.39, 0.29) is 0 Å². The Morgan fingerprint density at radius 3 is 2.61 bits per heavy atom. The molecule has 5 nitrogen and oxygen atoms in total. The van der Waals surface area contributed by atoms with Gasteiger partial charge in [0.1, 0.15) is 17.0 Å². The maximum absolute atomic E-state index is 4.75. The van der Waals surface area contributed by atoms with Gasteiger partial charge < -0.3 is 0 Å². The molecule has 0 saturated heterocycles. The smallest absolute Gasteiger partial charge is 0.187 e. The zero-order valence-electron chi connectivity index (χ0n) is 12.4. The van der Waals surface area contributed by atoms with E-state index in [0.29, 0.717) is 0 Å². The summed E-state index contributed by atoms with van der Waals surface area (Å²) in [6.45, 7) is 0. The maximum Gasteiger partial charge on any atom is 0.187 e. The summed E-state index contributed by atoms with van der Waals surface area (Å²) < 4.78 is 2.04. The quantitative estimate of drug-likeness (QED) is 0.427. The molecule has 0 atom stereocenters. The molecule has 6 heteroatoms. The van der Waals surface area contributed by atoms with Crippen molar-refractivity contribution < 1.29 is 0 Å². The van der Waals surface area contributed by atoms with E-state index in [2.05, 4.69) is 15.0 Å². The van der Waals surface area contributed by atoms with Crippen LogP contribution >= 0.6 is 11.8 Å². The van der Waals surface area contributed by atoms with Crippen molar-refractivity contribution in [3.8, 4) is 22.8 Å². The third-order valence-corrected chi connectivity index (χ3v) is 4.06. The van der Waals surface area contributed by atoms with Crippen LogP contribution in [0.3, 0.4) is 0 Å². The lowest BCUT2D eigenvalue weighted by Gasteiger charge is -2.05.